The number of carbonyl (C=O) groups is 1. The molecule has 2 aromatic carbocycles. The third kappa shape index (κ3) is 5.43. The summed E-state index contributed by atoms with van der Waals surface area (Å²) in [5.74, 6) is -0.00717. The number of hydrogen-bond acceptors (Lipinski definition) is 6. The molecule has 11 heteroatoms. The van der Waals surface area contributed by atoms with Gasteiger partial charge in [-0.2, -0.15) is 4.98 Å². The van der Waals surface area contributed by atoms with Crippen LogP contribution < -0.4 is 10.2 Å². The van der Waals surface area contributed by atoms with Gasteiger partial charge in [0.05, 0.1) is 17.1 Å². The van der Waals surface area contributed by atoms with Gasteiger partial charge in [-0.3, -0.25) is 4.40 Å². The van der Waals surface area contributed by atoms with Gasteiger partial charge in [0.15, 0.2) is 0 Å². The molecular formula is C28H31F3N6O2. The lowest BCUT2D eigenvalue weighted by Gasteiger charge is -2.36. The summed E-state index contributed by atoms with van der Waals surface area (Å²) in [7, 11) is 0. The van der Waals surface area contributed by atoms with Gasteiger partial charge in [0.1, 0.15) is 17.2 Å². The highest BCUT2D eigenvalue weighted by atomic mass is 19.3. The molecule has 39 heavy (non-hydrogen) atoms. The van der Waals surface area contributed by atoms with Gasteiger partial charge in [-0.1, -0.05) is 18.2 Å². The molecule has 1 atom stereocenters. The Kier molecular flexibility index (Phi) is 7.00. The highest BCUT2D eigenvalue weighted by Crippen LogP contribution is 2.33. The van der Waals surface area contributed by atoms with E-state index >= 15 is 0 Å². The fourth-order valence-corrected chi connectivity index (χ4v) is 4.78. The first kappa shape index (κ1) is 26.6. The summed E-state index contributed by atoms with van der Waals surface area (Å²) in [4.78, 5) is 25.3. The van der Waals surface area contributed by atoms with Crippen LogP contribution in [-0.2, 0) is 4.74 Å². The van der Waals surface area contributed by atoms with Crippen molar-refractivity contribution in [2.45, 2.75) is 45.8 Å². The summed E-state index contributed by atoms with van der Waals surface area (Å²) in [6.07, 6.45) is 0.222. The first-order valence-corrected chi connectivity index (χ1v) is 12.8. The SMILES string of the molecule is CC(Nc1nc2nccn2c2ccc(N3CCN(C(=O)OC(C)(C)C)CC3)cc12)c1cccc(C(F)F)c1F. The lowest BCUT2D eigenvalue weighted by atomic mass is 10.0. The fraction of sp³-hybridized carbons (Fsp3) is 0.393. The number of aromatic nitrogens is 3. The molecular weight excluding hydrogens is 509 g/mol. The van der Waals surface area contributed by atoms with Crippen molar-refractivity contribution < 1.29 is 22.7 Å². The normalized spacial score (nSPS) is 15.3. The third-order valence-corrected chi connectivity index (χ3v) is 6.74. The lowest BCUT2D eigenvalue weighted by Crippen LogP contribution is -2.50. The van der Waals surface area contributed by atoms with Gasteiger partial charge >= 0.3 is 6.09 Å². The number of rotatable bonds is 5. The Morgan fingerprint density at radius 3 is 2.49 bits per heavy atom. The zero-order valence-corrected chi connectivity index (χ0v) is 22.3. The van der Waals surface area contributed by atoms with Gasteiger partial charge in [0.2, 0.25) is 5.78 Å². The minimum Gasteiger partial charge on any atom is -0.444 e. The van der Waals surface area contributed by atoms with Crippen molar-refractivity contribution in [1.82, 2.24) is 19.3 Å². The number of anilines is 2. The Bertz CT molecular complexity index is 1510. The van der Waals surface area contributed by atoms with E-state index < -0.39 is 29.4 Å². The zero-order valence-electron chi connectivity index (χ0n) is 22.3. The van der Waals surface area contributed by atoms with Crippen LogP contribution in [0, 0.1) is 5.82 Å². The van der Waals surface area contributed by atoms with E-state index in [9.17, 15) is 18.0 Å². The smallest absolute Gasteiger partial charge is 0.410 e. The Hall–Kier alpha value is -4.02. The number of nitrogens with one attached hydrogen (secondary N) is 1. The summed E-state index contributed by atoms with van der Waals surface area (Å²) in [5.41, 5.74) is 0.720. The second-order valence-corrected chi connectivity index (χ2v) is 10.6. The van der Waals surface area contributed by atoms with Crippen molar-refractivity contribution in [2.24, 2.45) is 0 Å². The van der Waals surface area contributed by atoms with Crippen LogP contribution in [0.25, 0.3) is 16.7 Å². The molecule has 3 heterocycles. The van der Waals surface area contributed by atoms with Gasteiger partial charge in [-0.05, 0) is 45.9 Å². The van der Waals surface area contributed by atoms with Crippen LogP contribution in [0.4, 0.5) is 29.5 Å². The van der Waals surface area contributed by atoms with Crippen molar-refractivity contribution >= 4 is 34.3 Å². The number of fused-ring (bicyclic) bond motifs is 3. The number of ether oxygens (including phenoxy) is 1. The number of alkyl halides is 2. The number of hydrogen-bond donors (Lipinski definition) is 1. The first-order chi connectivity index (χ1) is 18.5. The molecule has 1 fully saturated rings. The first-order valence-electron chi connectivity index (χ1n) is 12.8. The number of carbonyl (C=O) groups excluding carboxylic acids is 1. The molecule has 1 amide bonds. The monoisotopic (exact) mass is 540 g/mol. The molecule has 0 spiro atoms. The zero-order chi connectivity index (χ0) is 27.9. The van der Waals surface area contributed by atoms with Gasteiger partial charge in [-0.15, -0.1) is 0 Å². The maximum Gasteiger partial charge on any atom is 0.410 e. The van der Waals surface area contributed by atoms with Gasteiger partial charge < -0.3 is 19.9 Å². The van der Waals surface area contributed by atoms with Crippen molar-refractivity contribution in [3.63, 3.8) is 0 Å². The van der Waals surface area contributed by atoms with E-state index in [-0.39, 0.29) is 11.7 Å². The van der Waals surface area contributed by atoms with Gasteiger partial charge in [0, 0.05) is 55.2 Å². The van der Waals surface area contributed by atoms with E-state index in [4.69, 9.17) is 4.74 Å². The van der Waals surface area contributed by atoms with E-state index in [0.29, 0.717) is 37.8 Å². The Morgan fingerprint density at radius 2 is 1.79 bits per heavy atom. The minimum absolute atomic E-state index is 0.125. The van der Waals surface area contributed by atoms with Crippen LogP contribution in [0.1, 0.15) is 51.3 Å². The van der Waals surface area contributed by atoms with Crippen molar-refractivity contribution in [2.75, 3.05) is 36.4 Å². The molecule has 5 rings (SSSR count). The van der Waals surface area contributed by atoms with E-state index in [2.05, 4.69) is 20.2 Å². The standard InChI is InChI=1S/C28H31F3N6O2/c1-17(19-6-5-7-20(23(19)29)24(30)31)33-25-21-16-18(8-9-22(21)37-11-10-32-26(37)34-25)35-12-14-36(15-13-35)27(38)39-28(2,3)4/h5-11,16-17,24H,12-15H2,1-4H3,(H,32,33,34). The van der Waals surface area contributed by atoms with E-state index in [1.54, 1.807) is 18.0 Å². The molecule has 8 nitrogen and oxygen atoms in total. The van der Waals surface area contributed by atoms with E-state index in [0.717, 1.165) is 22.7 Å². The van der Waals surface area contributed by atoms with Crippen molar-refractivity contribution in [1.29, 1.82) is 0 Å². The maximum atomic E-state index is 14.9. The van der Waals surface area contributed by atoms with E-state index in [1.807, 2.05) is 49.6 Å². The predicted octanol–water partition coefficient (Wildman–Crippen LogP) is 6.19. The number of amides is 1. The Balaban J connectivity index is 1.44. The molecule has 2 aromatic heterocycles. The summed E-state index contributed by atoms with van der Waals surface area (Å²) in [6.45, 7) is 9.53. The predicted molar refractivity (Wildman–Crippen MR) is 144 cm³/mol. The van der Waals surface area contributed by atoms with Crippen molar-refractivity contribution in [3.8, 4) is 0 Å². The van der Waals surface area contributed by atoms with Crippen molar-refractivity contribution in [3.05, 3.63) is 65.7 Å². The number of piperazine rings is 1. The van der Waals surface area contributed by atoms with Crippen LogP contribution in [0.5, 0.6) is 0 Å². The average Bonchev–Trinajstić information content (AvgIpc) is 3.36. The van der Waals surface area contributed by atoms with E-state index in [1.165, 1.54) is 12.1 Å². The van der Waals surface area contributed by atoms with Gasteiger partial charge in [-0.25, -0.2) is 22.9 Å². The van der Waals surface area contributed by atoms with Crippen LogP contribution in [0.3, 0.4) is 0 Å². The Morgan fingerprint density at radius 1 is 1.08 bits per heavy atom. The molecule has 0 bridgehead atoms. The Labute approximate surface area is 224 Å². The highest BCUT2D eigenvalue weighted by molar-refractivity contribution is 5.94. The van der Waals surface area contributed by atoms with Crippen LogP contribution in [-0.4, -0.2) is 57.1 Å². The number of halogens is 3. The largest absolute Gasteiger partial charge is 0.444 e. The molecule has 1 N–H and O–H groups in total. The summed E-state index contributed by atoms with van der Waals surface area (Å²) in [6, 6.07) is 9.33. The fourth-order valence-electron chi connectivity index (χ4n) is 4.78. The summed E-state index contributed by atoms with van der Waals surface area (Å²) in [5, 5.41) is 4.00. The van der Waals surface area contributed by atoms with Gasteiger partial charge in [0.25, 0.3) is 6.43 Å². The molecule has 1 unspecified atom stereocenters. The van der Waals surface area contributed by atoms with Crippen LogP contribution >= 0.6 is 0 Å². The molecule has 4 aromatic rings. The molecule has 1 saturated heterocycles. The quantitative estimate of drug-likeness (QED) is 0.325. The summed E-state index contributed by atoms with van der Waals surface area (Å²) >= 11 is 0. The second kappa shape index (κ2) is 10.3. The molecule has 1 aliphatic rings. The summed E-state index contributed by atoms with van der Waals surface area (Å²) < 4.78 is 48.8. The molecule has 0 saturated carbocycles. The molecule has 0 aliphatic carbocycles. The number of imidazole rings is 1. The molecule has 206 valence electrons. The maximum absolute atomic E-state index is 14.9. The highest BCUT2D eigenvalue weighted by Gasteiger charge is 2.26. The number of benzene rings is 2. The lowest BCUT2D eigenvalue weighted by molar-refractivity contribution is 0.0240. The number of nitrogens with zero attached hydrogens (tertiary/aromatic N) is 5. The molecule has 0 radical (unpaired) electrons. The molecule has 1 aliphatic heterocycles. The topological polar surface area (TPSA) is 75.0 Å². The third-order valence-electron chi connectivity index (χ3n) is 6.74. The minimum atomic E-state index is -2.91. The van der Waals surface area contributed by atoms with Crippen LogP contribution in [0.2, 0.25) is 0 Å². The van der Waals surface area contributed by atoms with Crippen LogP contribution in [0.15, 0.2) is 48.8 Å². The average molecular weight is 541 g/mol. The second-order valence-electron chi connectivity index (χ2n) is 10.6.